The van der Waals surface area contributed by atoms with E-state index in [0.717, 1.165) is 16.5 Å². The Morgan fingerprint density at radius 2 is 1.88 bits per heavy atom. The fourth-order valence-electron chi connectivity index (χ4n) is 1.94. The molecule has 2 aromatic carbocycles. The summed E-state index contributed by atoms with van der Waals surface area (Å²) < 4.78 is 0. The van der Waals surface area contributed by atoms with E-state index < -0.39 is 5.97 Å². The van der Waals surface area contributed by atoms with Crippen molar-refractivity contribution in [3.05, 3.63) is 41.5 Å². The summed E-state index contributed by atoms with van der Waals surface area (Å²) >= 11 is 0. The SMILES string of the molecule is Cc1cc(O)c2ccccc2c1CC(=O)O. The van der Waals surface area contributed by atoms with Gasteiger partial charge < -0.3 is 10.2 Å². The van der Waals surface area contributed by atoms with Gasteiger partial charge in [-0.05, 0) is 29.5 Å². The van der Waals surface area contributed by atoms with E-state index in [1.54, 1.807) is 12.1 Å². The van der Waals surface area contributed by atoms with E-state index in [2.05, 4.69) is 0 Å². The number of fused-ring (bicyclic) bond motifs is 1. The van der Waals surface area contributed by atoms with Gasteiger partial charge in [-0.3, -0.25) is 4.79 Å². The molecule has 82 valence electrons. The molecule has 0 spiro atoms. The quantitative estimate of drug-likeness (QED) is 0.810. The van der Waals surface area contributed by atoms with E-state index in [1.807, 2.05) is 25.1 Å². The van der Waals surface area contributed by atoms with Crippen molar-refractivity contribution in [2.24, 2.45) is 0 Å². The average Bonchev–Trinajstić information content (AvgIpc) is 2.24. The molecule has 0 heterocycles. The van der Waals surface area contributed by atoms with Crippen molar-refractivity contribution in [3.8, 4) is 5.75 Å². The van der Waals surface area contributed by atoms with Crippen molar-refractivity contribution in [2.45, 2.75) is 13.3 Å². The minimum Gasteiger partial charge on any atom is -0.507 e. The Balaban J connectivity index is 2.76. The molecule has 0 fully saturated rings. The van der Waals surface area contributed by atoms with Crippen molar-refractivity contribution in [2.75, 3.05) is 0 Å². The van der Waals surface area contributed by atoms with Gasteiger partial charge in [-0.2, -0.15) is 0 Å². The molecule has 0 saturated heterocycles. The highest BCUT2D eigenvalue weighted by Crippen LogP contribution is 2.30. The summed E-state index contributed by atoms with van der Waals surface area (Å²) in [6.07, 6.45) is -0.0212. The Morgan fingerprint density at radius 3 is 2.50 bits per heavy atom. The van der Waals surface area contributed by atoms with Gasteiger partial charge >= 0.3 is 5.97 Å². The highest BCUT2D eigenvalue weighted by atomic mass is 16.4. The van der Waals surface area contributed by atoms with Crippen LogP contribution in [0.1, 0.15) is 11.1 Å². The van der Waals surface area contributed by atoms with Crippen LogP contribution in [0.3, 0.4) is 0 Å². The smallest absolute Gasteiger partial charge is 0.307 e. The summed E-state index contributed by atoms with van der Waals surface area (Å²) in [5.41, 5.74) is 1.57. The summed E-state index contributed by atoms with van der Waals surface area (Å²) in [7, 11) is 0. The molecule has 2 N–H and O–H groups in total. The number of phenolic OH excluding ortho intramolecular Hbond substituents is 1. The first-order valence-corrected chi connectivity index (χ1v) is 5.01. The Labute approximate surface area is 93.0 Å². The zero-order valence-electron chi connectivity index (χ0n) is 8.90. The lowest BCUT2D eigenvalue weighted by atomic mass is 9.97. The van der Waals surface area contributed by atoms with Crippen LogP contribution in [-0.4, -0.2) is 16.2 Å². The number of aliphatic carboxylic acids is 1. The Hall–Kier alpha value is -2.03. The second-order valence-electron chi connectivity index (χ2n) is 3.81. The summed E-state index contributed by atoms with van der Waals surface area (Å²) in [5, 5.41) is 20.1. The molecule has 0 saturated carbocycles. The van der Waals surface area contributed by atoms with Crippen LogP contribution in [0.25, 0.3) is 10.8 Å². The first-order chi connectivity index (χ1) is 7.59. The standard InChI is InChI=1S/C13H12O3/c1-8-6-12(14)10-5-3-2-4-9(10)11(8)7-13(15)16/h2-6,14H,7H2,1H3,(H,15,16). The van der Waals surface area contributed by atoms with E-state index in [-0.39, 0.29) is 12.2 Å². The predicted molar refractivity (Wildman–Crippen MR) is 61.7 cm³/mol. The third kappa shape index (κ3) is 1.72. The summed E-state index contributed by atoms with van der Waals surface area (Å²) in [6, 6.07) is 8.89. The maximum Gasteiger partial charge on any atom is 0.307 e. The maximum atomic E-state index is 10.8. The monoisotopic (exact) mass is 216 g/mol. The molecule has 0 bridgehead atoms. The number of aryl methyl sites for hydroxylation is 1. The van der Waals surface area contributed by atoms with Gasteiger partial charge in [-0.15, -0.1) is 0 Å². The third-order valence-corrected chi connectivity index (χ3v) is 2.69. The van der Waals surface area contributed by atoms with Crippen LogP contribution < -0.4 is 0 Å². The predicted octanol–water partition coefficient (Wildman–Crippen LogP) is 2.48. The number of hydrogen-bond donors (Lipinski definition) is 2. The minimum absolute atomic E-state index is 0.0212. The summed E-state index contributed by atoms with van der Waals surface area (Å²) in [6.45, 7) is 1.81. The first kappa shape index (κ1) is 10.5. The number of benzene rings is 2. The van der Waals surface area contributed by atoms with Crippen LogP contribution in [-0.2, 0) is 11.2 Å². The van der Waals surface area contributed by atoms with E-state index in [1.165, 1.54) is 0 Å². The van der Waals surface area contributed by atoms with Crippen molar-refractivity contribution >= 4 is 16.7 Å². The Kier molecular flexibility index (Phi) is 2.52. The van der Waals surface area contributed by atoms with Crippen LogP contribution in [0.15, 0.2) is 30.3 Å². The number of carboxylic acids is 1. The molecule has 2 aromatic rings. The van der Waals surface area contributed by atoms with E-state index >= 15 is 0 Å². The molecule has 0 atom stereocenters. The van der Waals surface area contributed by atoms with Gasteiger partial charge in [-0.25, -0.2) is 0 Å². The van der Waals surface area contributed by atoms with Crippen LogP contribution in [0.4, 0.5) is 0 Å². The summed E-state index contributed by atoms with van der Waals surface area (Å²) in [5.74, 6) is -0.666. The lowest BCUT2D eigenvalue weighted by molar-refractivity contribution is -0.136. The summed E-state index contributed by atoms with van der Waals surface area (Å²) in [4.78, 5) is 10.8. The molecule has 0 amide bonds. The number of aromatic hydroxyl groups is 1. The molecule has 2 rings (SSSR count). The van der Waals surface area contributed by atoms with Gasteiger partial charge in [0, 0.05) is 5.39 Å². The lowest BCUT2D eigenvalue weighted by Crippen LogP contribution is -2.02. The van der Waals surface area contributed by atoms with Crippen LogP contribution >= 0.6 is 0 Å². The average molecular weight is 216 g/mol. The number of carbonyl (C=O) groups is 1. The molecule has 0 aliphatic heterocycles. The normalized spacial score (nSPS) is 10.6. The van der Waals surface area contributed by atoms with Gasteiger partial charge in [0.25, 0.3) is 0 Å². The lowest BCUT2D eigenvalue weighted by Gasteiger charge is -2.09. The van der Waals surface area contributed by atoms with Gasteiger partial charge in [0.15, 0.2) is 0 Å². The fraction of sp³-hybridized carbons (Fsp3) is 0.154. The number of rotatable bonds is 2. The van der Waals surface area contributed by atoms with Crippen molar-refractivity contribution in [1.29, 1.82) is 0 Å². The second kappa shape index (κ2) is 3.85. The zero-order chi connectivity index (χ0) is 11.7. The van der Waals surface area contributed by atoms with Crippen molar-refractivity contribution in [1.82, 2.24) is 0 Å². The molecule has 0 aliphatic carbocycles. The topological polar surface area (TPSA) is 57.5 Å². The van der Waals surface area contributed by atoms with Crippen LogP contribution in [0.5, 0.6) is 5.75 Å². The Morgan fingerprint density at radius 1 is 1.25 bits per heavy atom. The van der Waals surface area contributed by atoms with E-state index in [4.69, 9.17) is 5.11 Å². The molecule has 0 unspecified atom stereocenters. The molecule has 0 aliphatic rings. The number of carboxylic acid groups (broad SMARTS) is 1. The van der Waals surface area contributed by atoms with E-state index in [9.17, 15) is 9.90 Å². The molecular weight excluding hydrogens is 204 g/mol. The molecule has 0 aromatic heterocycles. The van der Waals surface area contributed by atoms with Gasteiger partial charge in [0.2, 0.25) is 0 Å². The largest absolute Gasteiger partial charge is 0.507 e. The molecule has 0 radical (unpaired) electrons. The first-order valence-electron chi connectivity index (χ1n) is 5.01. The van der Waals surface area contributed by atoms with Gasteiger partial charge in [-0.1, -0.05) is 24.3 Å². The van der Waals surface area contributed by atoms with Gasteiger partial charge in [0.1, 0.15) is 5.75 Å². The molecule has 3 nitrogen and oxygen atoms in total. The number of phenols is 1. The van der Waals surface area contributed by atoms with Crippen molar-refractivity contribution in [3.63, 3.8) is 0 Å². The second-order valence-corrected chi connectivity index (χ2v) is 3.81. The molecule has 3 heteroatoms. The highest BCUT2D eigenvalue weighted by Gasteiger charge is 2.11. The number of hydrogen-bond acceptors (Lipinski definition) is 2. The van der Waals surface area contributed by atoms with E-state index in [0.29, 0.717) is 5.39 Å². The highest BCUT2D eigenvalue weighted by molar-refractivity contribution is 5.93. The minimum atomic E-state index is -0.862. The van der Waals surface area contributed by atoms with Crippen LogP contribution in [0, 0.1) is 6.92 Å². The van der Waals surface area contributed by atoms with Crippen molar-refractivity contribution < 1.29 is 15.0 Å². The van der Waals surface area contributed by atoms with Gasteiger partial charge in [0.05, 0.1) is 6.42 Å². The zero-order valence-corrected chi connectivity index (χ0v) is 8.90. The van der Waals surface area contributed by atoms with Crippen LogP contribution in [0.2, 0.25) is 0 Å². The molecular formula is C13H12O3. The fourth-order valence-corrected chi connectivity index (χ4v) is 1.94. The third-order valence-electron chi connectivity index (χ3n) is 2.69. The molecule has 16 heavy (non-hydrogen) atoms. The Bertz CT molecular complexity index is 558. The maximum absolute atomic E-state index is 10.8.